The summed E-state index contributed by atoms with van der Waals surface area (Å²) in [4.78, 5) is 0. The Morgan fingerprint density at radius 1 is 0.950 bits per heavy atom. The molecule has 0 heterocycles. The van der Waals surface area contributed by atoms with Gasteiger partial charge in [0.25, 0.3) is 0 Å². The molecule has 0 aliphatic carbocycles. The van der Waals surface area contributed by atoms with Crippen molar-refractivity contribution in [2.75, 3.05) is 5.75 Å². The first-order valence-corrected chi connectivity index (χ1v) is 9.69. The van der Waals surface area contributed by atoms with Gasteiger partial charge in [-0.1, -0.05) is 75.2 Å². The second-order valence-electron chi connectivity index (χ2n) is 5.30. The Morgan fingerprint density at radius 2 is 1.55 bits per heavy atom. The molecule has 0 unspecified atom stereocenters. The van der Waals surface area contributed by atoms with Crippen LogP contribution in [0.5, 0.6) is 0 Å². The third-order valence-corrected chi connectivity index (χ3v) is 5.42. The van der Waals surface area contributed by atoms with Crippen molar-refractivity contribution in [1.29, 1.82) is 0 Å². The summed E-state index contributed by atoms with van der Waals surface area (Å²) in [5.74, 6) is 0.328. The molecule has 0 fully saturated rings. The molecule has 0 N–H and O–H groups in total. The minimum absolute atomic E-state index is 0.0580. The van der Waals surface area contributed by atoms with Crippen LogP contribution >= 0.6 is 11.6 Å². The fourth-order valence-corrected chi connectivity index (χ4v) is 4.00. The van der Waals surface area contributed by atoms with Gasteiger partial charge < -0.3 is 0 Å². The number of hydrogen-bond donors (Lipinski definition) is 0. The monoisotopic (exact) mass is 316 g/mol. The summed E-state index contributed by atoms with van der Waals surface area (Å²) in [6, 6.07) is 7.16. The van der Waals surface area contributed by atoms with Crippen molar-refractivity contribution in [2.45, 2.75) is 57.6 Å². The maximum absolute atomic E-state index is 12.0. The normalized spacial score (nSPS) is 11.7. The first-order valence-electron chi connectivity index (χ1n) is 7.49. The molecule has 0 saturated carbocycles. The molecule has 0 aliphatic heterocycles. The van der Waals surface area contributed by atoms with Crippen LogP contribution < -0.4 is 0 Å². The van der Waals surface area contributed by atoms with Crippen LogP contribution in [0.25, 0.3) is 0 Å². The van der Waals surface area contributed by atoms with E-state index in [-0.39, 0.29) is 11.5 Å². The van der Waals surface area contributed by atoms with E-state index in [2.05, 4.69) is 6.92 Å². The second kappa shape index (κ2) is 9.41. The van der Waals surface area contributed by atoms with Crippen LogP contribution in [-0.2, 0) is 15.6 Å². The molecule has 4 heteroatoms. The van der Waals surface area contributed by atoms with Gasteiger partial charge in [-0.2, -0.15) is 0 Å². The van der Waals surface area contributed by atoms with Crippen molar-refractivity contribution in [1.82, 2.24) is 0 Å². The molecule has 0 atom stereocenters. The summed E-state index contributed by atoms with van der Waals surface area (Å²) in [6.07, 6.45) is 7.92. The molecule has 2 nitrogen and oxygen atoms in total. The van der Waals surface area contributed by atoms with Crippen LogP contribution in [0.15, 0.2) is 24.3 Å². The molecule has 1 aromatic rings. The van der Waals surface area contributed by atoms with E-state index in [1.807, 2.05) is 12.1 Å². The minimum atomic E-state index is -3.04. The summed E-state index contributed by atoms with van der Waals surface area (Å²) in [5.41, 5.74) is 0.706. The van der Waals surface area contributed by atoms with Crippen LogP contribution in [0.1, 0.15) is 57.4 Å². The predicted molar refractivity (Wildman–Crippen MR) is 86.9 cm³/mol. The maximum atomic E-state index is 12.0. The Kier molecular flexibility index (Phi) is 8.24. The summed E-state index contributed by atoms with van der Waals surface area (Å²) in [7, 11) is -3.04. The van der Waals surface area contributed by atoms with Gasteiger partial charge in [0, 0.05) is 5.02 Å². The van der Waals surface area contributed by atoms with E-state index in [1.54, 1.807) is 12.1 Å². The van der Waals surface area contributed by atoms with Crippen molar-refractivity contribution in [3.8, 4) is 0 Å². The number of hydrogen-bond acceptors (Lipinski definition) is 2. The van der Waals surface area contributed by atoms with Gasteiger partial charge in [0.05, 0.1) is 11.5 Å². The molecule has 1 rings (SSSR count). The SMILES string of the molecule is CCCCCCCCCS(=O)(=O)Cc1ccccc1Cl. The summed E-state index contributed by atoms with van der Waals surface area (Å²) in [6.45, 7) is 2.20. The van der Waals surface area contributed by atoms with Gasteiger partial charge in [-0.15, -0.1) is 0 Å². The Bertz CT molecular complexity index is 483. The predicted octanol–water partition coefficient (Wildman–Crippen LogP) is 5.01. The number of sulfone groups is 1. The molecule has 114 valence electrons. The van der Waals surface area contributed by atoms with Crippen LogP contribution in [0.4, 0.5) is 0 Å². The Labute approximate surface area is 128 Å². The zero-order chi connectivity index (χ0) is 14.8. The van der Waals surface area contributed by atoms with Gasteiger partial charge >= 0.3 is 0 Å². The summed E-state index contributed by atoms with van der Waals surface area (Å²) < 4.78 is 24.1. The summed E-state index contributed by atoms with van der Waals surface area (Å²) >= 11 is 6.00. The molecular weight excluding hydrogens is 292 g/mol. The standard InChI is InChI=1S/C16H25ClO2S/c1-2-3-4-5-6-7-10-13-20(18,19)14-15-11-8-9-12-16(15)17/h8-9,11-12H,2-7,10,13-14H2,1H3. The van der Waals surface area contributed by atoms with Crippen molar-refractivity contribution < 1.29 is 8.42 Å². The first-order chi connectivity index (χ1) is 9.55. The van der Waals surface area contributed by atoms with E-state index in [1.165, 1.54) is 25.7 Å². The van der Waals surface area contributed by atoms with E-state index < -0.39 is 9.84 Å². The lowest BCUT2D eigenvalue weighted by atomic mass is 10.1. The van der Waals surface area contributed by atoms with Gasteiger partial charge in [0.1, 0.15) is 0 Å². The highest BCUT2D eigenvalue weighted by Gasteiger charge is 2.13. The van der Waals surface area contributed by atoms with Gasteiger partial charge in [0.15, 0.2) is 9.84 Å². The van der Waals surface area contributed by atoms with Gasteiger partial charge in [-0.25, -0.2) is 8.42 Å². The van der Waals surface area contributed by atoms with Crippen LogP contribution in [0.2, 0.25) is 5.02 Å². The number of halogens is 1. The lowest BCUT2D eigenvalue weighted by molar-refractivity contribution is 0.578. The van der Waals surface area contributed by atoms with E-state index >= 15 is 0 Å². The topological polar surface area (TPSA) is 34.1 Å². The second-order valence-corrected chi connectivity index (χ2v) is 7.90. The molecule has 0 amide bonds. The molecule has 0 aliphatic rings. The van der Waals surface area contributed by atoms with Crippen LogP contribution in [0.3, 0.4) is 0 Å². The molecule has 0 radical (unpaired) electrons. The Balaban J connectivity index is 2.27. The van der Waals surface area contributed by atoms with Crippen LogP contribution in [-0.4, -0.2) is 14.2 Å². The molecule has 1 aromatic carbocycles. The molecule has 0 bridgehead atoms. The molecule has 0 aromatic heterocycles. The zero-order valence-electron chi connectivity index (χ0n) is 12.3. The van der Waals surface area contributed by atoms with E-state index in [0.717, 1.165) is 19.3 Å². The van der Waals surface area contributed by atoms with Crippen molar-refractivity contribution in [3.63, 3.8) is 0 Å². The van der Waals surface area contributed by atoms with Gasteiger partial charge in [0.2, 0.25) is 0 Å². The average Bonchev–Trinajstić information content (AvgIpc) is 2.40. The lowest BCUT2D eigenvalue weighted by Gasteiger charge is -2.06. The minimum Gasteiger partial charge on any atom is -0.228 e. The quantitative estimate of drug-likeness (QED) is 0.569. The van der Waals surface area contributed by atoms with Gasteiger partial charge in [-0.05, 0) is 18.1 Å². The molecule has 0 spiro atoms. The van der Waals surface area contributed by atoms with Crippen molar-refractivity contribution >= 4 is 21.4 Å². The molecule has 20 heavy (non-hydrogen) atoms. The van der Waals surface area contributed by atoms with E-state index in [0.29, 0.717) is 10.6 Å². The highest BCUT2D eigenvalue weighted by atomic mass is 35.5. The van der Waals surface area contributed by atoms with Crippen LogP contribution in [0, 0.1) is 0 Å². The highest BCUT2D eigenvalue weighted by Crippen LogP contribution is 2.18. The fraction of sp³-hybridized carbons (Fsp3) is 0.625. The van der Waals surface area contributed by atoms with Crippen molar-refractivity contribution in [3.05, 3.63) is 34.9 Å². The number of unbranched alkanes of at least 4 members (excludes halogenated alkanes) is 6. The zero-order valence-corrected chi connectivity index (χ0v) is 13.8. The van der Waals surface area contributed by atoms with Gasteiger partial charge in [-0.3, -0.25) is 0 Å². The number of rotatable bonds is 10. The maximum Gasteiger partial charge on any atom is 0.154 e. The smallest absolute Gasteiger partial charge is 0.154 e. The van der Waals surface area contributed by atoms with Crippen molar-refractivity contribution in [2.24, 2.45) is 0 Å². The van der Waals surface area contributed by atoms with E-state index in [9.17, 15) is 8.42 Å². The Hall–Kier alpha value is -0.540. The molecular formula is C16H25ClO2S. The van der Waals surface area contributed by atoms with E-state index in [4.69, 9.17) is 11.6 Å². The average molecular weight is 317 g/mol. The number of benzene rings is 1. The first kappa shape index (κ1) is 17.5. The Morgan fingerprint density at radius 3 is 2.20 bits per heavy atom. The molecule has 0 saturated heterocycles. The summed E-state index contributed by atoms with van der Waals surface area (Å²) in [5, 5.41) is 0.538. The third kappa shape index (κ3) is 7.30. The fourth-order valence-electron chi connectivity index (χ4n) is 2.20. The lowest BCUT2D eigenvalue weighted by Crippen LogP contribution is -2.09. The largest absolute Gasteiger partial charge is 0.228 e. The highest BCUT2D eigenvalue weighted by molar-refractivity contribution is 7.90. The third-order valence-electron chi connectivity index (χ3n) is 3.39.